The standard InChI is InChI=1S/C22H24F4N4O3S/c23-15-6-13(5-14(7-15)22(24,25)26)20(32)28-9-19(31)29-16-10-30(11-16)17-1-3-21(33,4-2-17)18-8-27-12-34-18/h5-8,12,16-17,33H,1-4,9-11H2,(H,28,32)(H,29,31)/t17-,21-. The summed E-state index contributed by atoms with van der Waals surface area (Å²) in [6, 6.07) is 1.75. The van der Waals surface area contributed by atoms with Gasteiger partial charge in [0.05, 0.1) is 28.5 Å². The highest BCUT2D eigenvalue weighted by Gasteiger charge is 2.41. The van der Waals surface area contributed by atoms with Crippen molar-refractivity contribution in [2.24, 2.45) is 0 Å². The van der Waals surface area contributed by atoms with E-state index in [1.807, 2.05) is 0 Å². The molecule has 34 heavy (non-hydrogen) atoms. The molecule has 0 spiro atoms. The molecule has 2 aromatic rings. The highest BCUT2D eigenvalue weighted by molar-refractivity contribution is 7.09. The highest BCUT2D eigenvalue weighted by atomic mass is 32.1. The van der Waals surface area contributed by atoms with E-state index in [1.165, 1.54) is 11.3 Å². The van der Waals surface area contributed by atoms with Crippen molar-refractivity contribution < 1.29 is 32.3 Å². The topological polar surface area (TPSA) is 94.6 Å². The number of nitrogens with zero attached hydrogens (tertiary/aromatic N) is 2. The zero-order chi connectivity index (χ0) is 24.5. The van der Waals surface area contributed by atoms with Crippen molar-refractivity contribution in [1.29, 1.82) is 0 Å². The van der Waals surface area contributed by atoms with Crippen molar-refractivity contribution in [3.8, 4) is 0 Å². The SMILES string of the molecule is O=C(CNC(=O)c1cc(F)cc(C(F)(F)F)c1)NC1CN([C@H]2CC[C@@](O)(c3cncs3)CC2)C1. The van der Waals surface area contributed by atoms with Crippen molar-refractivity contribution in [3.63, 3.8) is 0 Å². The maximum absolute atomic E-state index is 13.5. The van der Waals surface area contributed by atoms with Crippen LogP contribution in [-0.4, -0.2) is 58.5 Å². The van der Waals surface area contributed by atoms with Crippen LogP contribution < -0.4 is 10.6 Å². The van der Waals surface area contributed by atoms with Crippen LogP contribution in [0.2, 0.25) is 0 Å². The van der Waals surface area contributed by atoms with Gasteiger partial charge in [-0.1, -0.05) is 0 Å². The first-order valence-electron chi connectivity index (χ1n) is 10.8. The molecule has 3 N–H and O–H groups in total. The monoisotopic (exact) mass is 500 g/mol. The van der Waals surface area contributed by atoms with Crippen LogP contribution in [0.5, 0.6) is 0 Å². The Kier molecular flexibility index (Phi) is 6.92. The molecule has 0 radical (unpaired) electrons. The lowest BCUT2D eigenvalue weighted by molar-refractivity contribution is -0.137. The molecule has 0 bridgehead atoms. The normalized spacial score (nSPS) is 23.9. The van der Waals surface area contributed by atoms with Crippen LogP contribution in [-0.2, 0) is 16.6 Å². The summed E-state index contributed by atoms with van der Waals surface area (Å²) in [5, 5.41) is 15.8. The van der Waals surface area contributed by atoms with Gasteiger partial charge in [0.25, 0.3) is 5.91 Å². The first kappa shape index (κ1) is 24.6. The third-order valence-electron chi connectivity index (χ3n) is 6.36. The quantitative estimate of drug-likeness (QED) is 0.531. The molecule has 1 saturated carbocycles. The summed E-state index contributed by atoms with van der Waals surface area (Å²) >= 11 is 1.45. The molecule has 7 nitrogen and oxygen atoms in total. The average molecular weight is 501 g/mol. The number of carbonyl (C=O) groups excluding carboxylic acids is 2. The van der Waals surface area contributed by atoms with E-state index in [-0.39, 0.29) is 6.04 Å². The first-order chi connectivity index (χ1) is 16.0. The Bertz CT molecular complexity index is 1030. The van der Waals surface area contributed by atoms with Crippen LogP contribution in [0.25, 0.3) is 0 Å². The number of halogens is 4. The number of benzene rings is 1. The molecule has 12 heteroatoms. The van der Waals surface area contributed by atoms with E-state index in [0.717, 1.165) is 17.7 Å². The Labute approximate surface area is 197 Å². The number of alkyl halides is 3. The minimum Gasteiger partial charge on any atom is -0.384 e. The molecule has 0 unspecified atom stereocenters. The summed E-state index contributed by atoms with van der Waals surface area (Å²) in [5.41, 5.74) is -0.894. The van der Waals surface area contributed by atoms with Crippen molar-refractivity contribution in [1.82, 2.24) is 20.5 Å². The number of hydrogen-bond donors (Lipinski definition) is 3. The summed E-state index contributed by atoms with van der Waals surface area (Å²) in [6.45, 7) is 0.850. The number of aliphatic hydroxyl groups is 1. The maximum atomic E-state index is 13.5. The molecule has 0 atom stereocenters. The fourth-order valence-electron chi connectivity index (χ4n) is 4.47. The number of hydrogen-bond acceptors (Lipinski definition) is 6. The largest absolute Gasteiger partial charge is 0.416 e. The van der Waals surface area contributed by atoms with Gasteiger partial charge in [0.15, 0.2) is 0 Å². The third-order valence-corrected chi connectivity index (χ3v) is 7.33. The molecule has 4 rings (SSSR count). The van der Waals surface area contributed by atoms with E-state index in [2.05, 4.69) is 20.5 Å². The number of thiazole rings is 1. The summed E-state index contributed by atoms with van der Waals surface area (Å²) in [6.07, 6.45) is -0.117. The lowest BCUT2D eigenvalue weighted by Gasteiger charge is -2.48. The summed E-state index contributed by atoms with van der Waals surface area (Å²) in [5.74, 6) is -2.63. The Hall–Kier alpha value is -2.57. The number of aromatic nitrogens is 1. The number of likely N-dealkylation sites (tertiary alicyclic amines) is 1. The predicted molar refractivity (Wildman–Crippen MR) is 116 cm³/mol. The van der Waals surface area contributed by atoms with Gasteiger partial charge in [-0.05, 0) is 43.9 Å². The minimum absolute atomic E-state index is 0.0993. The van der Waals surface area contributed by atoms with Gasteiger partial charge in [-0.2, -0.15) is 13.2 Å². The van der Waals surface area contributed by atoms with Gasteiger partial charge in [0, 0.05) is 30.9 Å². The molecule has 1 aromatic carbocycles. The van der Waals surface area contributed by atoms with Crippen LogP contribution in [0.15, 0.2) is 29.9 Å². The number of nitrogens with one attached hydrogen (secondary N) is 2. The molecule has 1 saturated heterocycles. The van der Waals surface area contributed by atoms with E-state index >= 15 is 0 Å². The zero-order valence-electron chi connectivity index (χ0n) is 18.1. The van der Waals surface area contributed by atoms with Gasteiger partial charge in [-0.3, -0.25) is 19.5 Å². The molecular weight excluding hydrogens is 476 g/mol. The minimum atomic E-state index is -4.79. The fraction of sp³-hybridized carbons (Fsp3) is 0.500. The van der Waals surface area contributed by atoms with Crippen molar-refractivity contribution in [2.75, 3.05) is 19.6 Å². The third kappa shape index (κ3) is 5.56. The number of amides is 2. The fourth-order valence-corrected chi connectivity index (χ4v) is 5.25. The van der Waals surface area contributed by atoms with Gasteiger partial charge in [-0.15, -0.1) is 11.3 Å². The van der Waals surface area contributed by atoms with Crippen molar-refractivity contribution >= 4 is 23.2 Å². The molecule has 184 valence electrons. The van der Waals surface area contributed by atoms with Crippen LogP contribution in [0.3, 0.4) is 0 Å². The lowest BCUT2D eigenvalue weighted by atomic mass is 9.80. The number of carbonyl (C=O) groups is 2. The smallest absolute Gasteiger partial charge is 0.384 e. The Morgan fingerprint density at radius 3 is 2.53 bits per heavy atom. The molecule has 1 aliphatic heterocycles. The van der Waals surface area contributed by atoms with Gasteiger partial charge >= 0.3 is 6.18 Å². The van der Waals surface area contributed by atoms with Crippen LogP contribution >= 0.6 is 11.3 Å². The van der Waals surface area contributed by atoms with Gasteiger partial charge in [0.1, 0.15) is 11.4 Å². The predicted octanol–water partition coefficient (Wildman–Crippen LogP) is 2.66. The second-order valence-corrected chi connectivity index (χ2v) is 9.64. The van der Waals surface area contributed by atoms with E-state index in [0.29, 0.717) is 50.2 Å². The van der Waals surface area contributed by atoms with Crippen LogP contribution in [0.1, 0.15) is 46.5 Å². The van der Waals surface area contributed by atoms with Gasteiger partial charge in [0.2, 0.25) is 5.91 Å². The van der Waals surface area contributed by atoms with Crippen LogP contribution in [0, 0.1) is 5.82 Å². The summed E-state index contributed by atoms with van der Waals surface area (Å²) in [4.78, 5) is 31.4. The van der Waals surface area contributed by atoms with Crippen molar-refractivity contribution in [2.45, 2.75) is 49.5 Å². The summed E-state index contributed by atoms with van der Waals surface area (Å²) in [7, 11) is 0. The molecular formula is C22H24F4N4O3S. The van der Waals surface area contributed by atoms with Crippen LogP contribution in [0.4, 0.5) is 17.6 Å². The first-order valence-corrected chi connectivity index (χ1v) is 11.7. The average Bonchev–Trinajstić information content (AvgIpc) is 3.30. The second-order valence-electron chi connectivity index (χ2n) is 8.76. The Morgan fingerprint density at radius 1 is 1.21 bits per heavy atom. The van der Waals surface area contributed by atoms with Gasteiger partial charge < -0.3 is 15.7 Å². The van der Waals surface area contributed by atoms with Crippen molar-refractivity contribution in [3.05, 3.63) is 51.7 Å². The second kappa shape index (κ2) is 9.59. The molecule has 1 aliphatic carbocycles. The van der Waals surface area contributed by atoms with E-state index < -0.39 is 47.1 Å². The molecule has 2 amide bonds. The zero-order valence-corrected chi connectivity index (χ0v) is 18.9. The van der Waals surface area contributed by atoms with E-state index in [9.17, 15) is 32.3 Å². The summed E-state index contributed by atoms with van der Waals surface area (Å²) < 4.78 is 51.9. The van der Waals surface area contributed by atoms with E-state index in [1.54, 1.807) is 11.7 Å². The number of rotatable bonds is 6. The molecule has 2 fully saturated rings. The van der Waals surface area contributed by atoms with E-state index in [4.69, 9.17) is 0 Å². The van der Waals surface area contributed by atoms with Gasteiger partial charge in [-0.25, -0.2) is 4.39 Å². The molecule has 2 aliphatic rings. The Balaban J connectivity index is 1.19. The lowest BCUT2D eigenvalue weighted by Crippen LogP contribution is -2.63. The molecule has 1 aromatic heterocycles. The maximum Gasteiger partial charge on any atom is 0.416 e. The molecule has 2 heterocycles. The Morgan fingerprint density at radius 2 is 1.91 bits per heavy atom. The highest BCUT2D eigenvalue weighted by Crippen LogP contribution is 2.40.